The third-order valence-corrected chi connectivity index (χ3v) is 6.02. The molecule has 0 saturated carbocycles. The number of hydrogen-bond acceptors (Lipinski definition) is 6. The van der Waals surface area contributed by atoms with Gasteiger partial charge in [0.25, 0.3) is 5.91 Å². The first-order valence-electron chi connectivity index (χ1n) is 12.0. The first-order chi connectivity index (χ1) is 19.6. The summed E-state index contributed by atoms with van der Waals surface area (Å²) in [5, 5.41) is 2.51. The van der Waals surface area contributed by atoms with Crippen molar-refractivity contribution in [3.63, 3.8) is 0 Å². The standard InChI is InChI=1S/C28H18F5N5O3/c1-2-41-27(40)22-14-36-25-23(17(8-11-38(22)25)15-4-6-16(29)7-5-15)37-26(39)19-12-18(24-34-9-3-10-35-24)20(13-21(19)30)28(31,32)33/h3-14H,2H2,1H3,(H,37,39). The zero-order chi connectivity index (χ0) is 29.3. The summed E-state index contributed by atoms with van der Waals surface area (Å²) in [5.74, 6) is -4.15. The van der Waals surface area contributed by atoms with Crippen LogP contribution in [-0.2, 0) is 10.9 Å². The second-order valence-corrected chi connectivity index (χ2v) is 8.57. The number of aromatic nitrogens is 4. The Hall–Kier alpha value is -5.20. The van der Waals surface area contributed by atoms with Crippen molar-refractivity contribution in [2.24, 2.45) is 0 Å². The maximum atomic E-state index is 15.1. The van der Waals surface area contributed by atoms with E-state index in [9.17, 15) is 27.2 Å². The van der Waals surface area contributed by atoms with Crippen LogP contribution in [0.1, 0.15) is 33.3 Å². The van der Waals surface area contributed by atoms with Gasteiger partial charge in [-0.05, 0) is 48.9 Å². The van der Waals surface area contributed by atoms with Crippen molar-refractivity contribution in [3.8, 4) is 22.5 Å². The number of nitrogens with zero attached hydrogens (tertiary/aromatic N) is 4. The van der Waals surface area contributed by atoms with Crippen molar-refractivity contribution in [1.29, 1.82) is 0 Å². The van der Waals surface area contributed by atoms with E-state index in [0.717, 1.165) is 6.07 Å². The summed E-state index contributed by atoms with van der Waals surface area (Å²) in [6.45, 7) is 1.71. The Bertz CT molecular complexity index is 1770. The SMILES string of the molecule is CCOC(=O)c1cnc2c(NC(=O)c3cc(-c4ncccn4)c(C(F)(F)F)cc3F)c(-c3ccc(F)cc3)ccn12. The van der Waals surface area contributed by atoms with Crippen LogP contribution in [-0.4, -0.2) is 37.8 Å². The molecule has 0 aliphatic rings. The fourth-order valence-electron chi connectivity index (χ4n) is 4.18. The Morgan fingerprint density at radius 2 is 1.68 bits per heavy atom. The van der Waals surface area contributed by atoms with Crippen molar-refractivity contribution in [3.05, 3.63) is 102 Å². The number of nitrogens with one attached hydrogen (secondary N) is 1. The molecule has 5 aromatic rings. The number of ether oxygens (including phenoxy) is 1. The lowest BCUT2D eigenvalue weighted by Crippen LogP contribution is -2.18. The molecule has 2 aromatic carbocycles. The molecule has 3 heterocycles. The van der Waals surface area contributed by atoms with Crippen molar-refractivity contribution in [1.82, 2.24) is 19.4 Å². The highest BCUT2D eigenvalue weighted by Crippen LogP contribution is 2.38. The van der Waals surface area contributed by atoms with Gasteiger partial charge in [0.15, 0.2) is 17.2 Å². The molecule has 3 aromatic heterocycles. The Labute approximate surface area is 228 Å². The molecule has 0 bridgehead atoms. The Balaban J connectivity index is 1.66. The van der Waals surface area contributed by atoms with E-state index in [1.165, 1.54) is 65.6 Å². The minimum Gasteiger partial charge on any atom is -0.461 e. The van der Waals surface area contributed by atoms with Crippen molar-refractivity contribution < 1.29 is 36.3 Å². The number of pyridine rings is 1. The van der Waals surface area contributed by atoms with E-state index in [1.807, 2.05) is 0 Å². The number of alkyl halides is 3. The maximum absolute atomic E-state index is 15.1. The number of rotatable bonds is 6. The average molecular weight is 567 g/mol. The predicted octanol–water partition coefficient (Wildman–Crippen LogP) is 6.18. The van der Waals surface area contributed by atoms with Crippen LogP contribution in [0.2, 0.25) is 0 Å². The van der Waals surface area contributed by atoms with Crippen molar-refractivity contribution >= 4 is 23.2 Å². The molecule has 1 N–H and O–H groups in total. The highest BCUT2D eigenvalue weighted by molar-refractivity contribution is 6.09. The summed E-state index contributed by atoms with van der Waals surface area (Å²) in [5.41, 5.74) is -1.91. The normalized spacial score (nSPS) is 11.5. The summed E-state index contributed by atoms with van der Waals surface area (Å²) in [6.07, 6.45) is 0.139. The first kappa shape index (κ1) is 27.4. The van der Waals surface area contributed by atoms with Gasteiger partial charge < -0.3 is 10.1 Å². The number of fused-ring (bicyclic) bond motifs is 1. The fourth-order valence-corrected chi connectivity index (χ4v) is 4.18. The van der Waals surface area contributed by atoms with Gasteiger partial charge in [0.2, 0.25) is 0 Å². The molecule has 0 saturated heterocycles. The summed E-state index contributed by atoms with van der Waals surface area (Å²) in [6, 6.07) is 9.04. The number of halogens is 5. The molecule has 0 fully saturated rings. The van der Waals surface area contributed by atoms with E-state index < -0.39 is 46.4 Å². The monoisotopic (exact) mass is 567 g/mol. The van der Waals surface area contributed by atoms with Gasteiger partial charge in [-0.25, -0.2) is 28.5 Å². The van der Waals surface area contributed by atoms with E-state index in [4.69, 9.17) is 4.74 Å². The zero-order valence-corrected chi connectivity index (χ0v) is 21.0. The molecule has 0 radical (unpaired) electrons. The van der Waals surface area contributed by atoms with Crippen LogP contribution in [0.3, 0.4) is 0 Å². The van der Waals surface area contributed by atoms with Crippen LogP contribution in [0.5, 0.6) is 0 Å². The number of amides is 1. The number of anilines is 1. The first-order valence-corrected chi connectivity index (χ1v) is 12.0. The minimum atomic E-state index is -4.97. The Morgan fingerprint density at radius 3 is 2.34 bits per heavy atom. The van der Waals surface area contributed by atoms with E-state index >= 15 is 4.39 Å². The smallest absolute Gasteiger partial charge is 0.417 e. The molecular weight excluding hydrogens is 549 g/mol. The highest BCUT2D eigenvalue weighted by atomic mass is 19.4. The molecule has 1 amide bonds. The largest absolute Gasteiger partial charge is 0.461 e. The van der Waals surface area contributed by atoms with Crippen LogP contribution in [0.4, 0.5) is 27.6 Å². The summed E-state index contributed by atoms with van der Waals surface area (Å²) < 4.78 is 76.4. The van der Waals surface area contributed by atoms with Gasteiger partial charge in [-0.2, -0.15) is 13.2 Å². The number of carbonyl (C=O) groups excluding carboxylic acids is 2. The van der Waals surface area contributed by atoms with Crippen LogP contribution >= 0.6 is 0 Å². The predicted molar refractivity (Wildman–Crippen MR) is 137 cm³/mol. The number of hydrogen-bond donors (Lipinski definition) is 1. The topological polar surface area (TPSA) is 98.5 Å². The van der Waals surface area contributed by atoms with Crippen LogP contribution in [0.25, 0.3) is 28.2 Å². The van der Waals surface area contributed by atoms with Crippen LogP contribution < -0.4 is 5.32 Å². The molecule has 0 unspecified atom stereocenters. The molecule has 13 heteroatoms. The number of carbonyl (C=O) groups is 2. The second-order valence-electron chi connectivity index (χ2n) is 8.57. The molecule has 0 aliphatic heterocycles. The molecule has 41 heavy (non-hydrogen) atoms. The molecule has 0 aliphatic carbocycles. The lowest BCUT2D eigenvalue weighted by atomic mass is 10.0. The molecule has 5 rings (SSSR count). The third-order valence-electron chi connectivity index (χ3n) is 6.02. The number of imidazole rings is 1. The molecular formula is C28H18F5N5O3. The van der Waals surface area contributed by atoms with Crippen molar-refractivity contribution in [2.75, 3.05) is 11.9 Å². The Morgan fingerprint density at radius 1 is 0.976 bits per heavy atom. The Kier molecular flexibility index (Phi) is 7.18. The fraction of sp³-hybridized carbons (Fsp3) is 0.107. The quantitative estimate of drug-likeness (QED) is 0.194. The average Bonchev–Trinajstić information content (AvgIpc) is 3.38. The lowest BCUT2D eigenvalue weighted by molar-refractivity contribution is -0.137. The summed E-state index contributed by atoms with van der Waals surface area (Å²) in [7, 11) is 0. The van der Waals surface area contributed by atoms with Gasteiger partial charge >= 0.3 is 12.1 Å². The second kappa shape index (κ2) is 10.8. The van der Waals surface area contributed by atoms with E-state index in [2.05, 4.69) is 20.3 Å². The third kappa shape index (κ3) is 5.33. The van der Waals surface area contributed by atoms with Gasteiger partial charge in [0, 0.05) is 29.7 Å². The van der Waals surface area contributed by atoms with Crippen LogP contribution in [0, 0.1) is 11.6 Å². The molecule has 0 atom stereocenters. The maximum Gasteiger partial charge on any atom is 0.417 e. The summed E-state index contributed by atoms with van der Waals surface area (Å²) in [4.78, 5) is 37.7. The minimum absolute atomic E-state index is 0.0172. The molecule has 0 spiro atoms. The molecule has 208 valence electrons. The van der Waals surface area contributed by atoms with Crippen LogP contribution in [0.15, 0.2) is 73.3 Å². The number of esters is 1. The highest BCUT2D eigenvalue weighted by Gasteiger charge is 2.36. The van der Waals surface area contributed by atoms with Gasteiger partial charge in [0.1, 0.15) is 11.6 Å². The van der Waals surface area contributed by atoms with E-state index in [0.29, 0.717) is 11.1 Å². The van der Waals surface area contributed by atoms with Gasteiger partial charge in [-0.3, -0.25) is 9.20 Å². The van der Waals surface area contributed by atoms with Crippen molar-refractivity contribution in [2.45, 2.75) is 13.1 Å². The van der Waals surface area contributed by atoms with E-state index in [-0.39, 0.29) is 35.5 Å². The zero-order valence-electron chi connectivity index (χ0n) is 21.0. The molecule has 8 nitrogen and oxygen atoms in total. The summed E-state index contributed by atoms with van der Waals surface area (Å²) >= 11 is 0. The number of benzene rings is 2. The van der Waals surface area contributed by atoms with Gasteiger partial charge in [-0.1, -0.05) is 12.1 Å². The van der Waals surface area contributed by atoms with Gasteiger partial charge in [-0.15, -0.1) is 0 Å². The van der Waals surface area contributed by atoms with E-state index in [1.54, 1.807) is 6.92 Å². The lowest BCUT2D eigenvalue weighted by Gasteiger charge is -2.16. The van der Waals surface area contributed by atoms with Gasteiger partial charge in [0.05, 0.1) is 29.6 Å².